The summed E-state index contributed by atoms with van der Waals surface area (Å²) in [6.45, 7) is 1.98. The van der Waals surface area contributed by atoms with Crippen molar-refractivity contribution in [3.63, 3.8) is 0 Å². The van der Waals surface area contributed by atoms with Gasteiger partial charge in [0.05, 0.1) is 6.10 Å². The molecule has 1 rings (SSSR count). The van der Waals surface area contributed by atoms with Gasteiger partial charge in [0.25, 0.3) is 0 Å². The molecule has 0 fully saturated rings. The molecule has 1 aromatic carbocycles. The molecule has 0 saturated heterocycles. The molecule has 0 aliphatic rings. The first-order chi connectivity index (χ1) is 6.77. The Morgan fingerprint density at radius 3 is 2.43 bits per heavy atom. The maximum Gasteiger partial charge on any atom is 0.0811 e. The minimum atomic E-state index is -0.556. The van der Waals surface area contributed by atoms with Gasteiger partial charge in [-0.15, -0.1) is 0 Å². The summed E-state index contributed by atoms with van der Waals surface area (Å²) in [4.78, 5) is 0. The highest BCUT2D eigenvalue weighted by Gasteiger charge is 2.05. The third-order valence-corrected chi connectivity index (χ3v) is 2.08. The smallest absolute Gasteiger partial charge is 0.0811 e. The molecule has 2 N–H and O–H groups in total. The Labute approximate surface area is 84.5 Å². The van der Waals surface area contributed by atoms with E-state index in [9.17, 15) is 5.11 Å². The van der Waals surface area contributed by atoms with Crippen LogP contribution in [-0.2, 0) is 0 Å². The van der Waals surface area contributed by atoms with Crippen LogP contribution in [0.1, 0.15) is 30.6 Å². The van der Waals surface area contributed by atoms with Crippen LogP contribution in [0.2, 0.25) is 0 Å². The summed E-state index contributed by atoms with van der Waals surface area (Å²) in [6, 6.07) is 7.68. The van der Waals surface area contributed by atoms with E-state index in [-0.39, 0.29) is 6.61 Å². The number of rotatable bonds is 4. The van der Waals surface area contributed by atoms with E-state index >= 15 is 0 Å². The van der Waals surface area contributed by atoms with Gasteiger partial charge in [-0.05, 0) is 18.1 Å². The zero-order chi connectivity index (χ0) is 10.4. The second kappa shape index (κ2) is 5.58. The molecule has 0 radical (unpaired) electrons. The lowest BCUT2D eigenvalue weighted by Crippen LogP contribution is -1.99. The molecule has 0 spiro atoms. The van der Waals surface area contributed by atoms with Gasteiger partial charge in [0.15, 0.2) is 0 Å². The highest BCUT2D eigenvalue weighted by atomic mass is 16.3. The van der Waals surface area contributed by atoms with Gasteiger partial charge in [-0.3, -0.25) is 0 Å². The number of allylic oxidation sites excluding steroid dienone is 1. The van der Waals surface area contributed by atoms with E-state index in [4.69, 9.17) is 5.11 Å². The summed E-state index contributed by atoms with van der Waals surface area (Å²) in [5.74, 6) is 0. The maximum absolute atomic E-state index is 9.56. The molecule has 0 aromatic heterocycles. The van der Waals surface area contributed by atoms with Crippen LogP contribution in [0.15, 0.2) is 30.3 Å². The minimum Gasteiger partial charge on any atom is -0.396 e. The van der Waals surface area contributed by atoms with Gasteiger partial charge in [0.1, 0.15) is 0 Å². The monoisotopic (exact) mass is 192 g/mol. The predicted molar refractivity (Wildman–Crippen MR) is 57.8 cm³/mol. The maximum atomic E-state index is 9.56. The van der Waals surface area contributed by atoms with Crippen molar-refractivity contribution in [2.24, 2.45) is 0 Å². The molecule has 1 atom stereocenters. The zero-order valence-corrected chi connectivity index (χ0v) is 8.35. The van der Waals surface area contributed by atoms with Gasteiger partial charge >= 0.3 is 0 Å². The predicted octanol–water partition coefficient (Wildman–Crippen LogP) is 2.14. The molecule has 2 nitrogen and oxygen atoms in total. The van der Waals surface area contributed by atoms with E-state index in [1.807, 2.05) is 43.3 Å². The van der Waals surface area contributed by atoms with Crippen LogP contribution in [0, 0.1) is 0 Å². The Hall–Kier alpha value is -1.12. The standard InChI is InChI=1S/C12H16O2/c1-2-3-10-4-6-11(7-5-10)12(14)8-9-13/h2-7,12-14H,8-9H2,1H3. The number of benzene rings is 1. The Balaban J connectivity index is 2.72. The Kier molecular flexibility index (Phi) is 4.36. The van der Waals surface area contributed by atoms with E-state index in [2.05, 4.69) is 0 Å². The van der Waals surface area contributed by atoms with Gasteiger partial charge in [0, 0.05) is 13.0 Å². The summed E-state index contributed by atoms with van der Waals surface area (Å²) in [7, 11) is 0. The molecular weight excluding hydrogens is 176 g/mol. The van der Waals surface area contributed by atoms with E-state index in [0.717, 1.165) is 11.1 Å². The minimum absolute atomic E-state index is 0.0117. The van der Waals surface area contributed by atoms with Crippen molar-refractivity contribution >= 4 is 6.08 Å². The van der Waals surface area contributed by atoms with E-state index in [1.54, 1.807) is 0 Å². The molecule has 14 heavy (non-hydrogen) atoms. The van der Waals surface area contributed by atoms with Crippen LogP contribution in [0.4, 0.5) is 0 Å². The Morgan fingerprint density at radius 2 is 1.93 bits per heavy atom. The number of hydrogen-bond donors (Lipinski definition) is 2. The molecular formula is C12H16O2. The molecule has 0 bridgehead atoms. The molecule has 0 heterocycles. The Bertz CT molecular complexity index is 288. The zero-order valence-electron chi connectivity index (χ0n) is 8.35. The lowest BCUT2D eigenvalue weighted by molar-refractivity contribution is 0.134. The van der Waals surface area contributed by atoms with E-state index in [1.165, 1.54) is 0 Å². The normalized spacial score (nSPS) is 13.4. The highest BCUT2D eigenvalue weighted by Crippen LogP contribution is 2.17. The van der Waals surface area contributed by atoms with Crippen LogP contribution in [0.5, 0.6) is 0 Å². The summed E-state index contributed by atoms with van der Waals surface area (Å²) in [6.07, 6.45) is 3.81. The first-order valence-corrected chi connectivity index (χ1v) is 4.79. The van der Waals surface area contributed by atoms with Crippen molar-refractivity contribution in [2.75, 3.05) is 6.61 Å². The molecule has 1 unspecified atom stereocenters. The Morgan fingerprint density at radius 1 is 1.29 bits per heavy atom. The van der Waals surface area contributed by atoms with Gasteiger partial charge in [0.2, 0.25) is 0 Å². The molecule has 1 aromatic rings. The second-order valence-corrected chi connectivity index (χ2v) is 3.19. The molecule has 2 heteroatoms. The molecule has 0 amide bonds. The van der Waals surface area contributed by atoms with Crippen molar-refractivity contribution < 1.29 is 10.2 Å². The largest absolute Gasteiger partial charge is 0.396 e. The van der Waals surface area contributed by atoms with E-state index < -0.39 is 6.10 Å². The van der Waals surface area contributed by atoms with Crippen molar-refractivity contribution in [3.05, 3.63) is 41.5 Å². The third-order valence-electron chi connectivity index (χ3n) is 2.08. The summed E-state index contributed by atoms with van der Waals surface area (Å²) >= 11 is 0. The van der Waals surface area contributed by atoms with Gasteiger partial charge < -0.3 is 10.2 Å². The molecule has 76 valence electrons. The van der Waals surface area contributed by atoms with Crippen LogP contribution < -0.4 is 0 Å². The first kappa shape index (κ1) is 11.0. The number of hydrogen-bond acceptors (Lipinski definition) is 2. The second-order valence-electron chi connectivity index (χ2n) is 3.19. The van der Waals surface area contributed by atoms with Crippen LogP contribution in [0.3, 0.4) is 0 Å². The summed E-state index contributed by atoms with van der Waals surface area (Å²) in [5.41, 5.74) is 1.97. The molecule has 0 aliphatic carbocycles. The van der Waals surface area contributed by atoms with Crippen molar-refractivity contribution in [3.8, 4) is 0 Å². The van der Waals surface area contributed by atoms with Gasteiger partial charge in [-0.2, -0.15) is 0 Å². The van der Waals surface area contributed by atoms with Crippen LogP contribution >= 0.6 is 0 Å². The topological polar surface area (TPSA) is 40.5 Å². The lowest BCUT2D eigenvalue weighted by atomic mass is 10.0. The summed E-state index contributed by atoms with van der Waals surface area (Å²) in [5, 5.41) is 18.2. The summed E-state index contributed by atoms with van der Waals surface area (Å²) < 4.78 is 0. The number of aliphatic hydroxyl groups is 2. The fraction of sp³-hybridized carbons (Fsp3) is 0.333. The third kappa shape index (κ3) is 2.98. The lowest BCUT2D eigenvalue weighted by Gasteiger charge is -2.08. The highest BCUT2D eigenvalue weighted by molar-refractivity contribution is 5.49. The quantitative estimate of drug-likeness (QED) is 0.767. The SMILES string of the molecule is CC=Cc1ccc(C(O)CCO)cc1. The van der Waals surface area contributed by atoms with Crippen molar-refractivity contribution in [1.82, 2.24) is 0 Å². The van der Waals surface area contributed by atoms with Crippen LogP contribution in [-0.4, -0.2) is 16.8 Å². The fourth-order valence-electron chi connectivity index (χ4n) is 1.31. The average Bonchev–Trinajstić information content (AvgIpc) is 2.20. The van der Waals surface area contributed by atoms with Crippen molar-refractivity contribution in [1.29, 1.82) is 0 Å². The average molecular weight is 192 g/mol. The van der Waals surface area contributed by atoms with Gasteiger partial charge in [-0.1, -0.05) is 36.4 Å². The van der Waals surface area contributed by atoms with Crippen molar-refractivity contribution in [2.45, 2.75) is 19.4 Å². The molecule has 0 saturated carbocycles. The first-order valence-electron chi connectivity index (χ1n) is 4.79. The molecule has 0 aliphatic heterocycles. The fourth-order valence-corrected chi connectivity index (χ4v) is 1.31. The van der Waals surface area contributed by atoms with E-state index in [0.29, 0.717) is 6.42 Å². The number of aliphatic hydroxyl groups excluding tert-OH is 2. The van der Waals surface area contributed by atoms with Crippen LogP contribution in [0.25, 0.3) is 6.08 Å². The van der Waals surface area contributed by atoms with Gasteiger partial charge in [-0.25, -0.2) is 0 Å².